The van der Waals surface area contributed by atoms with Crippen LogP contribution in [0.5, 0.6) is 0 Å². The van der Waals surface area contributed by atoms with Crippen LogP contribution in [0.1, 0.15) is 44.2 Å². The highest BCUT2D eigenvalue weighted by atomic mass is 16.4. The summed E-state index contributed by atoms with van der Waals surface area (Å²) >= 11 is 0. The first kappa shape index (κ1) is 15.5. The third-order valence-electron chi connectivity index (χ3n) is 4.42. The minimum absolute atomic E-state index is 0.0546. The van der Waals surface area contributed by atoms with Crippen LogP contribution in [0.3, 0.4) is 0 Å². The fourth-order valence-corrected chi connectivity index (χ4v) is 3.29. The van der Waals surface area contributed by atoms with Crippen molar-refractivity contribution in [3.8, 4) is 0 Å². The maximum absolute atomic E-state index is 12.4. The topological polar surface area (TPSA) is 105 Å². The summed E-state index contributed by atoms with van der Waals surface area (Å²) in [6.45, 7) is 0. The van der Waals surface area contributed by atoms with Gasteiger partial charge in [0.15, 0.2) is 11.1 Å². The molecule has 1 aliphatic rings. The Morgan fingerprint density at radius 2 is 2.00 bits per heavy atom. The number of rotatable bonds is 5. The van der Waals surface area contributed by atoms with Crippen LogP contribution in [-0.4, -0.2) is 30.8 Å². The molecule has 0 bridgehead atoms. The number of aliphatic carboxylic acids is 1. The summed E-state index contributed by atoms with van der Waals surface area (Å²) in [5.74, 6) is -0.723. The normalized spacial score (nSPS) is 16.9. The molecule has 7 heteroatoms. The summed E-state index contributed by atoms with van der Waals surface area (Å²) in [5, 5.41) is 23.1. The highest BCUT2D eigenvalue weighted by Crippen LogP contribution is 2.27. The van der Waals surface area contributed by atoms with Gasteiger partial charge in [-0.1, -0.05) is 25.7 Å². The molecule has 0 unspecified atom stereocenters. The summed E-state index contributed by atoms with van der Waals surface area (Å²) < 4.78 is 1.59. The number of hydrogen-bond donors (Lipinski definition) is 2. The van der Waals surface area contributed by atoms with Gasteiger partial charge in [0, 0.05) is 18.2 Å². The maximum Gasteiger partial charge on any atom is 0.303 e. The van der Waals surface area contributed by atoms with Crippen molar-refractivity contribution in [2.75, 3.05) is 0 Å². The van der Waals surface area contributed by atoms with Gasteiger partial charge >= 0.3 is 5.97 Å². The lowest BCUT2D eigenvalue weighted by atomic mass is 10.0. The van der Waals surface area contributed by atoms with Crippen LogP contribution >= 0.6 is 0 Å². The molecule has 23 heavy (non-hydrogen) atoms. The third-order valence-corrected chi connectivity index (χ3v) is 4.42. The Labute approximate surface area is 132 Å². The van der Waals surface area contributed by atoms with E-state index in [-0.39, 0.29) is 29.2 Å². The second-order valence-electron chi connectivity index (χ2n) is 6.07. The molecule has 0 aliphatic heterocycles. The molecule has 0 aromatic carbocycles. The molecule has 2 aromatic heterocycles. The molecule has 0 spiro atoms. The van der Waals surface area contributed by atoms with Gasteiger partial charge in [0.25, 0.3) is 0 Å². The van der Waals surface area contributed by atoms with Crippen LogP contribution in [0.2, 0.25) is 0 Å². The van der Waals surface area contributed by atoms with E-state index in [2.05, 4.69) is 10.1 Å². The van der Waals surface area contributed by atoms with Gasteiger partial charge in [-0.15, -0.1) is 0 Å². The number of nitrogens with zero attached hydrogens (tertiary/aromatic N) is 3. The minimum Gasteiger partial charge on any atom is -0.511 e. The van der Waals surface area contributed by atoms with E-state index in [1.807, 2.05) is 0 Å². The van der Waals surface area contributed by atoms with Crippen molar-refractivity contribution >= 4 is 17.4 Å². The smallest absolute Gasteiger partial charge is 0.303 e. The van der Waals surface area contributed by atoms with Crippen LogP contribution < -0.4 is 10.6 Å². The number of aliphatic hydroxyl groups excluding tert-OH is 1. The molecule has 0 atom stereocenters. The monoisotopic (exact) mass is 317 g/mol. The fourth-order valence-electron chi connectivity index (χ4n) is 3.29. The van der Waals surface area contributed by atoms with Crippen molar-refractivity contribution in [2.45, 2.75) is 44.9 Å². The summed E-state index contributed by atoms with van der Waals surface area (Å²) in [5.41, 5.74) is 0.763. The van der Waals surface area contributed by atoms with E-state index < -0.39 is 5.97 Å². The largest absolute Gasteiger partial charge is 0.511 e. The van der Waals surface area contributed by atoms with E-state index in [4.69, 9.17) is 5.11 Å². The Bertz CT molecular complexity index is 837. The van der Waals surface area contributed by atoms with Gasteiger partial charge in [-0.05, 0) is 12.3 Å². The molecule has 122 valence electrons. The first-order valence-electron chi connectivity index (χ1n) is 7.86. The summed E-state index contributed by atoms with van der Waals surface area (Å²) in [6, 6.07) is 1.49. The standard InChI is InChI=1S/C16H19N3O4/c20-12(5-6-14(22)23)15-13(21)8-11(7-10-3-1-2-4-10)19-16(15)17-9-18-19/h8-10,20H,1-7H2,(H,22,23)/b15-12-. The van der Waals surface area contributed by atoms with Crippen LogP contribution in [0.15, 0.2) is 17.2 Å². The number of pyridine rings is 1. The van der Waals surface area contributed by atoms with E-state index in [1.54, 1.807) is 4.52 Å². The summed E-state index contributed by atoms with van der Waals surface area (Å²) in [7, 11) is 0. The zero-order chi connectivity index (χ0) is 16.4. The van der Waals surface area contributed by atoms with Crippen molar-refractivity contribution < 1.29 is 15.0 Å². The lowest BCUT2D eigenvalue weighted by molar-refractivity contribution is -0.136. The zero-order valence-electron chi connectivity index (χ0n) is 12.7. The van der Waals surface area contributed by atoms with Gasteiger partial charge in [-0.3, -0.25) is 9.59 Å². The molecule has 0 saturated heterocycles. The molecular weight excluding hydrogens is 298 g/mol. The van der Waals surface area contributed by atoms with Crippen molar-refractivity contribution in [3.63, 3.8) is 0 Å². The van der Waals surface area contributed by atoms with Crippen molar-refractivity contribution in [3.05, 3.63) is 33.5 Å². The predicted octanol–water partition coefficient (Wildman–Crippen LogP) is 1.07. The minimum atomic E-state index is -1.03. The number of carboxylic acid groups (broad SMARTS) is 1. The highest BCUT2D eigenvalue weighted by molar-refractivity contribution is 5.68. The number of carboxylic acids is 1. The first-order chi connectivity index (χ1) is 11.1. The molecule has 2 heterocycles. The predicted molar refractivity (Wildman–Crippen MR) is 83.0 cm³/mol. The first-order valence-corrected chi connectivity index (χ1v) is 7.86. The van der Waals surface area contributed by atoms with Crippen LogP contribution in [-0.2, 0) is 11.2 Å². The van der Waals surface area contributed by atoms with Crippen LogP contribution in [0.25, 0.3) is 11.4 Å². The molecule has 0 radical (unpaired) electrons. The van der Waals surface area contributed by atoms with E-state index >= 15 is 0 Å². The molecular formula is C16H19N3O4. The van der Waals surface area contributed by atoms with E-state index in [1.165, 1.54) is 25.2 Å². The SMILES string of the molecule is O=C(O)CC/C(O)=c1\c(=O)cc(CC2CCCC2)n2ncnc12. The Morgan fingerprint density at radius 1 is 1.26 bits per heavy atom. The summed E-state index contributed by atoms with van der Waals surface area (Å²) in [4.78, 5) is 27.1. The number of carbonyl (C=O) groups is 1. The molecule has 0 amide bonds. The number of aliphatic hydroxyl groups is 1. The third kappa shape index (κ3) is 3.18. The van der Waals surface area contributed by atoms with Gasteiger partial charge in [0.2, 0.25) is 0 Å². The number of fused-ring (bicyclic) bond motifs is 1. The highest BCUT2D eigenvalue weighted by Gasteiger charge is 2.19. The second kappa shape index (κ2) is 6.36. The lowest BCUT2D eigenvalue weighted by Gasteiger charge is -2.10. The van der Waals surface area contributed by atoms with Gasteiger partial charge in [-0.25, -0.2) is 9.50 Å². The quantitative estimate of drug-likeness (QED) is 0.855. The second-order valence-corrected chi connectivity index (χ2v) is 6.07. The van der Waals surface area contributed by atoms with Gasteiger partial charge < -0.3 is 10.2 Å². The van der Waals surface area contributed by atoms with E-state index in [0.717, 1.165) is 25.0 Å². The lowest BCUT2D eigenvalue weighted by Crippen LogP contribution is -2.31. The molecule has 3 rings (SSSR count). The Hall–Kier alpha value is -2.44. The van der Waals surface area contributed by atoms with Gasteiger partial charge in [-0.2, -0.15) is 5.10 Å². The van der Waals surface area contributed by atoms with Crippen molar-refractivity contribution in [1.29, 1.82) is 0 Å². The average molecular weight is 317 g/mol. The fraction of sp³-hybridized carbons (Fsp3) is 0.500. The van der Waals surface area contributed by atoms with Crippen LogP contribution in [0.4, 0.5) is 0 Å². The Kier molecular flexibility index (Phi) is 4.27. The molecule has 7 nitrogen and oxygen atoms in total. The van der Waals surface area contributed by atoms with E-state index in [9.17, 15) is 14.7 Å². The van der Waals surface area contributed by atoms with Crippen molar-refractivity contribution in [2.24, 2.45) is 5.92 Å². The van der Waals surface area contributed by atoms with Crippen LogP contribution in [0, 0.1) is 5.92 Å². The number of hydrogen-bond acceptors (Lipinski definition) is 5. The van der Waals surface area contributed by atoms with Gasteiger partial charge in [0.05, 0.1) is 6.42 Å². The van der Waals surface area contributed by atoms with Crippen molar-refractivity contribution in [1.82, 2.24) is 14.6 Å². The Balaban J connectivity index is 2.05. The zero-order valence-corrected chi connectivity index (χ0v) is 12.7. The molecule has 2 aromatic rings. The summed E-state index contributed by atoms with van der Waals surface area (Å²) in [6.07, 6.45) is 6.52. The Morgan fingerprint density at radius 3 is 2.70 bits per heavy atom. The molecule has 1 saturated carbocycles. The molecule has 2 N–H and O–H groups in total. The maximum atomic E-state index is 12.4. The van der Waals surface area contributed by atoms with Gasteiger partial charge in [0.1, 0.15) is 17.3 Å². The molecule has 1 fully saturated rings. The molecule has 1 aliphatic carbocycles. The number of aromatic nitrogens is 3. The van der Waals surface area contributed by atoms with E-state index in [0.29, 0.717) is 11.6 Å². The average Bonchev–Trinajstić information content (AvgIpc) is 3.16.